The molecule has 29 heavy (non-hydrogen) atoms. The van der Waals surface area contributed by atoms with Crippen molar-refractivity contribution >= 4 is 22.8 Å². The summed E-state index contributed by atoms with van der Waals surface area (Å²) in [5, 5.41) is 6.01. The quantitative estimate of drug-likeness (QED) is 0.698. The minimum absolute atomic E-state index is 0.0123. The number of carbonyl (C=O) groups is 1. The minimum Gasteiger partial charge on any atom is -0.367 e. The van der Waals surface area contributed by atoms with E-state index >= 15 is 0 Å². The monoisotopic (exact) mass is 401 g/mol. The predicted molar refractivity (Wildman–Crippen MR) is 102 cm³/mol. The first kappa shape index (κ1) is 19.1. The van der Waals surface area contributed by atoms with E-state index in [-0.39, 0.29) is 5.91 Å². The fraction of sp³-hybridized carbons (Fsp3) is 0.300. The number of nitrogens with zero attached hydrogens (tertiary/aromatic N) is 3. The summed E-state index contributed by atoms with van der Waals surface area (Å²) >= 11 is 0. The molecule has 0 spiro atoms. The van der Waals surface area contributed by atoms with E-state index in [4.69, 9.17) is 0 Å². The van der Waals surface area contributed by atoms with Crippen LogP contribution in [0.25, 0.3) is 22.2 Å². The lowest BCUT2D eigenvalue weighted by atomic mass is 9.89. The molecule has 1 amide bonds. The molecule has 3 aromatic rings. The number of aromatic nitrogens is 3. The van der Waals surface area contributed by atoms with Gasteiger partial charge in [0, 0.05) is 37.2 Å². The third kappa shape index (κ3) is 3.59. The van der Waals surface area contributed by atoms with Crippen LogP contribution in [-0.4, -0.2) is 33.9 Å². The average molecular weight is 401 g/mol. The molecule has 0 bridgehead atoms. The molecule has 2 aromatic heterocycles. The van der Waals surface area contributed by atoms with E-state index in [9.17, 15) is 18.0 Å². The molecule has 1 aromatic carbocycles. The number of hydrogen-bond acceptors (Lipinski definition) is 5. The van der Waals surface area contributed by atoms with Gasteiger partial charge in [0.05, 0.1) is 11.0 Å². The molecule has 4 rings (SSSR count). The summed E-state index contributed by atoms with van der Waals surface area (Å²) in [4.78, 5) is 25.1. The Morgan fingerprint density at radius 2 is 1.79 bits per heavy atom. The summed E-state index contributed by atoms with van der Waals surface area (Å²) in [6.45, 7) is 2.90. The summed E-state index contributed by atoms with van der Waals surface area (Å²) in [7, 11) is 0. The van der Waals surface area contributed by atoms with Gasteiger partial charge in [0.25, 0.3) is 0 Å². The van der Waals surface area contributed by atoms with Crippen LogP contribution in [0.2, 0.25) is 0 Å². The number of amides is 1. The Bertz CT molecular complexity index is 1070. The summed E-state index contributed by atoms with van der Waals surface area (Å²) in [5.74, 6) is 0.464. The number of alkyl halides is 3. The molecule has 1 aliphatic heterocycles. The lowest BCUT2D eigenvalue weighted by Crippen LogP contribution is -2.34. The van der Waals surface area contributed by atoms with Crippen molar-refractivity contribution in [3.63, 3.8) is 0 Å². The maximum atomic E-state index is 12.8. The van der Waals surface area contributed by atoms with E-state index < -0.39 is 17.2 Å². The Balaban J connectivity index is 1.68. The van der Waals surface area contributed by atoms with Gasteiger partial charge in [0.15, 0.2) is 5.82 Å². The smallest absolute Gasteiger partial charge is 0.367 e. The van der Waals surface area contributed by atoms with E-state index in [0.29, 0.717) is 47.5 Å². The molecule has 6 nitrogen and oxygen atoms in total. The second-order valence-electron chi connectivity index (χ2n) is 7.27. The van der Waals surface area contributed by atoms with Crippen molar-refractivity contribution in [3.05, 3.63) is 48.4 Å². The van der Waals surface area contributed by atoms with E-state index in [1.165, 1.54) is 24.5 Å². The van der Waals surface area contributed by atoms with Gasteiger partial charge in [-0.1, -0.05) is 12.1 Å². The molecule has 2 N–H and O–H groups in total. The van der Waals surface area contributed by atoms with E-state index in [0.717, 1.165) is 12.1 Å². The SMILES string of the molecule is CC1(CNc2ncc(-c3ccc(C(F)(F)F)cc3)c3nccnc23)CCNC1=O. The number of benzene rings is 1. The van der Waals surface area contributed by atoms with Gasteiger partial charge in [0.2, 0.25) is 5.91 Å². The molecule has 9 heteroatoms. The number of fused-ring (bicyclic) bond motifs is 1. The van der Waals surface area contributed by atoms with Gasteiger partial charge in [-0.25, -0.2) is 9.97 Å². The maximum Gasteiger partial charge on any atom is 0.416 e. The summed E-state index contributed by atoms with van der Waals surface area (Å²) < 4.78 is 38.5. The van der Waals surface area contributed by atoms with E-state index in [1.807, 2.05) is 6.92 Å². The highest BCUT2D eigenvalue weighted by Gasteiger charge is 2.37. The van der Waals surface area contributed by atoms with E-state index in [1.54, 1.807) is 6.20 Å². The van der Waals surface area contributed by atoms with Crippen molar-refractivity contribution in [2.24, 2.45) is 5.41 Å². The van der Waals surface area contributed by atoms with Gasteiger partial charge in [-0.2, -0.15) is 13.2 Å². The van der Waals surface area contributed by atoms with Crippen molar-refractivity contribution in [2.45, 2.75) is 19.5 Å². The Hall–Kier alpha value is -3.23. The molecular weight excluding hydrogens is 383 g/mol. The molecule has 0 aliphatic carbocycles. The molecule has 0 radical (unpaired) electrons. The van der Waals surface area contributed by atoms with Gasteiger partial charge in [-0.15, -0.1) is 0 Å². The second kappa shape index (κ2) is 6.98. The number of anilines is 1. The zero-order valence-electron chi connectivity index (χ0n) is 15.5. The zero-order chi connectivity index (χ0) is 20.6. The van der Waals surface area contributed by atoms with Crippen molar-refractivity contribution in [3.8, 4) is 11.1 Å². The fourth-order valence-corrected chi connectivity index (χ4v) is 3.37. The molecule has 0 saturated carbocycles. The molecule has 150 valence electrons. The fourth-order valence-electron chi connectivity index (χ4n) is 3.37. The predicted octanol–water partition coefficient (Wildman–Crippen LogP) is 3.65. The highest BCUT2D eigenvalue weighted by Crippen LogP contribution is 2.34. The minimum atomic E-state index is -4.39. The van der Waals surface area contributed by atoms with Crippen LogP contribution in [-0.2, 0) is 11.0 Å². The van der Waals surface area contributed by atoms with Crippen LogP contribution in [0.15, 0.2) is 42.9 Å². The molecular formula is C20H18F3N5O. The Morgan fingerprint density at radius 1 is 1.10 bits per heavy atom. The third-order valence-electron chi connectivity index (χ3n) is 5.18. The van der Waals surface area contributed by atoms with Crippen LogP contribution in [0.5, 0.6) is 0 Å². The molecule has 1 saturated heterocycles. The summed E-state index contributed by atoms with van der Waals surface area (Å²) in [6, 6.07) is 4.85. The second-order valence-corrected chi connectivity index (χ2v) is 7.27. The average Bonchev–Trinajstić information content (AvgIpc) is 3.04. The topological polar surface area (TPSA) is 79.8 Å². The van der Waals surface area contributed by atoms with Crippen molar-refractivity contribution in [1.29, 1.82) is 0 Å². The van der Waals surface area contributed by atoms with Crippen LogP contribution in [0.3, 0.4) is 0 Å². The largest absolute Gasteiger partial charge is 0.416 e. The standard InChI is InChI=1S/C20H18F3N5O/c1-19(6-7-26-18(19)29)11-28-17-16-15(24-8-9-25-16)14(10-27-17)12-2-4-13(5-3-12)20(21,22)23/h2-5,8-10H,6-7,11H2,1H3,(H,26,29)(H,27,28). The number of carbonyl (C=O) groups excluding carboxylic acids is 1. The number of pyridine rings is 1. The molecule has 1 fully saturated rings. The summed E-state index contributed by atoms with van der Waals surface area (Å²) in [6.07, 6.45) is 0.918. The maximum absolute atomic E-state index is 12.8. The number of rotatable bonds is 4. The van der Waals surface area contributed by atoms with Crippen LogP contribution in [0.1, 0.15) is 18.9 Å². The van der Waals surface area contributed by atoms with Gasteiger partial charge < -0.3 is 10.6 Å². The highest BCUT2D eigenvalue weighted by atomic mass is 19.4. The summed E-state index contributed by atoms with van der Waals surface area (Å²) in [5.41, 5.74) is 0.896. The highest BCUT2D eigenvalue weighted by molar-refractivity contribution is 5.96. The number of nitrogens with one attached hydrogen (secondary N) is 2. The number of halogens is 3. The first-order valence-electron chi connectivity index (χ1n) is 9.07. The molecule has 1 unspecified atom stereocenters. The molecule has 1 atom stereocenters. The lowest BCUT2D eigenvalue weighted by molar-refractivity contribution is -0.137. The Labute approximate surface area is 164 Å². The van der Waals surface area contributed by atoms with Gasteiger partial charge in [0.1, 0.15) is 11.0 Å². The van der Waals surface area contributed by atoms with Gasteiger partial charge >= 0.3 is 6.18 Å². The van der Waals surface area contributed by atoms with Crippen LogP contribution in [0.4, 0.5) is 19.0 Å². The molecule has 3 heterocycles. The first-order valence-corrected chi connectivity index (χ1v) is 9.07. The third-order valence-corrected chi connectivity index (χ3v) is 5.18. The normalized spacial score (nSPS) is 19.4. The first-order chi connectivity index (χ1) is 13.8. The van der Waals surface area contributed by atoms with E-state index in [2.05, 4.69) is 25.6 Å². The van der Waals surface area contributed by atoms with Crippen LogP contribution < -0.4 is 10.6 Å². The van der Waals surface area contributed by atoms with Crippen molar-refractivity contribution in [2.75, 3.05) is 18.4 Å². The lowest BCUT2D eigenvalue weighted by Gasteiger charge is -2.21. The van der Waals surface area contributed by atoms with Crippen LogP contribution in [0, 0.1) is 5.41 Å². The van der Waals surface area contributed by atoms with Gasteiger partial charge in [-0.3, -0.25) is 9.78 Å². The molecule has 1 aliphatic rings. The number of hydrogen-bond donors (Lipinski definition) is 2. The van der Waals surface area contributed by atoms with Crippen molar-refractivity contribution in [1.82, 2.24) is 20.3 Å². The Kier molecular flexibility index (Phi) is 4.60. The van der Waals surface area contributed by atoms with Crippen molar-refractivity contribution < 1.29 is 18.0 Å². The van der Waals surface area contributed by atoms with Gasteiger partial charge in [-0.05, 0) is 31.0 Å². The zero-order valence-corrected chi connectivity index (χ0v) is 15.5. The Morgan fingerprint density at radius 3 is 2.41 bits per heavy atom. The van der Waals surface area contributed by atoms with Crippen LogP contribution >= 0.6 is 0 Å².